The SMILES string of the molecule is Cc1ccc2c(CCNC(=O)NCc3cc4ccccc4o3)c[nH]c2c1. The van der Waals surface area contributed by atoms with Crippen LogP contribution in [-0.2, 0) is 13.0 Å². The normalized spacial score (nSPS) is 11.1. The highest BCUT2D eigenvalue weighted by Gasteiger charge is 2.07. The second-order valence-corrected chi connectivity index (χ2v) is 6.47. The Morgan fingerprint density at radius 2 is 2.00 bits per heavy atom. The van der Waals surface area contributed by atoms with Crippen LogP contribution in [0.2, 0.25) is 0 Å². The maximum Gasteiger partial charge on any atom is 0.315 e. The molecule has 0 bridgehead atoms. The standard InChI is InChI=1S/C21H21N3O2/c1-14-6-7-18-16(12-23-19(18)10-14)8-9-22-21(25)24-13-17-11-15-4-2-3-5-20(15)26-17/h2-7,10-12,23H,8-9,13H2,1H3,(H2,22,24,25). The Balaban J connectivity index is 1.28. The van der Waals surface area contributed by atoms with Gasteiger partial charge in [-0.3, -0.25) is 0 Å². The number of nitrogens with one attached hydrogen (secondary N) is 3. The second kappa shape index (κ2) is 6.96. The molecule has 5 heteroatoms. The molecule has 0 aliphatic rings. The van der Waals surface area contributed by atoms with Crippen LogP contribution in [0.25, 0.3) is 21.9 Å². The molecule has 2 heterocycles. The fraction of sp³-hybridized carbons (Fsp3) is 0.190. The minimum Gasteiger partial charge on any atom is -0.459 e. The van der Waals surface area contributed by atoms with Crippen LogP contribution < -0.4 is 10.6 Å². The molecule has 0 saturated carbocycles. The number of hydrogen-bond acceptors (Lipinski definition) is 2. The third-order valence-corrected chi connectivity index (χ3v) is 4.50. The molecular weight excluding hydrogens is 326 g/mol. The molecule has 0 atom stereocenters. The van der Waals surface area contributed by atoms with E-state index in [1.165, 1.54) is 16.5 Å². The Hall–Kier alpha value is -3.21. The van der Waals surface area contributed by atoms with E-state index in [0.717, 1.165) is 28.7 Å². The molecule has 2 aromatic heterocycles. The first kappa shape index (κ1) is 16.3. The van der Waals surface area contributed by atoms with Crippen molar-refractivity contribution in [2.45, 2.75) is 19.9 Å². The summed E-state index contributed by atoms with van der Waals surface area (Å²) < 4.78 is 5.69. The van der Waals surface area contributed by atoms with Gasteiger partial charge in [0.15, 0.2) is 0 Å². The van der Waals surface area contributed by atoms with Gasteiger partial charge in [0.05, 0.1) is 6.54 Å². The number of amides is 2. The van der Waals surface area contributed by atoms with Gasteiger partial charge in [0.25, 0.3) is 0 Å². The number of aromatic amines is 1. The zero-order chi connectivity index (χ0) is 17.9. The van der Waals surface area contributed by atoms with Crippen molar-refractivity contribution in [3.8, 4) is 0 Å². The monoisotopic (exact) mass is 347 g/mol. The maximum atomic E-state index is 12.0. The van der Waals surface area contributed by atoms with Crippen LogP contribution in [0.4, 0.5) is 4.79 Å². The maximum absolute atomic E-state index is 12.0. The van der Waals surface area contributed by atoms with Gasteiger partial charge in [-0.1, -0.05) is 30.3 Å². The van der Waals surface area contributed by atoms with Crippen LogP contribution in [0.1, 0.15) is 16.9 Å². The summed E-state index contributed by atoms with van der Waals surface area (Å²) in [5.74, 6) is 0.744. The van der Waals surface area contributed by atoms with Crippen LogP contribution in [0, 0.1) is 6.92 Å². The molecule has 0 aliphatic carbocycles. The first-order valence-electron chi connectivity index (χ1n) is 8.75. The average molecular weight is 347 g/mol. The van der Waals surface area contributed by atoms with Crippen molar-refractivity contribution >= 4 is 27.9 Å². The minimum atomic E-state index is -0.193. The van der Waals surface area contributed by atoms with Gasteiger partial charge < -0.3 is 20.0 Å². The number of H-pyrrole nitrogens is 1. The van der Waals surface area contributed by atoms with Crippen molar-refractivity contribution in [1.29, 1.82) is 0 Å². The van der Waals surface area contributed by atoms with Crippen LogP contribution in [0.3, 0.4) is 0 Å². The third-order valence-electron chi connectivity index (χ3n) is 4.50. The van der Waals surface area contributed by atoms with Gasteiger partial charge in [0.1, 0.15) is 11.3 Å². The zero-order valence-corrected chi connectivity index (χ0v) is 14.6. The van der Waals surface area contributed by atoms with Crippen molar-refractivity contribution in [1.82, 2.24) is 15.6 Å². The molecule has 4 rings (SSSR count). The van der Waals surface area contributed by atoms with E-state index in [1.54, 1.807) is 0 Å². The lowest BCUT2D eigenvalue weighted by Crippen LogP contribution is -2.36. The lowest BCUT2D eigenvalue weighted by Gasteiger charge is -2.06. The number of carbonyl (C=O) groups is 1. The van der Waals surface area contributed by atoms with Crippen LogP contribution in [-0.4, -0.2) is 17.6 Å². The summed E-state index contributed by atoms with van der Waals surface area (Å²) in [7, 11) is 0. The van der Waals surface area contributed by atoms with E-state index in [9.17, 15) is 4.79 Å². The summed E-state index contributed by atoms with van der Waals surface area (Å²) in [5, 5.41) is 7.98. The number of fused-ring (bicyclic) bond motifs is 2. The van der Waals surface area contributed by atoms with E-state index >= 15 is 0 Å². The van der Waals surface area contributed by atoms with Gasteiger partial charge in [-0.15, -0.1) is 0 Å². The Bertz CT molecular complexity index is 1030. The highest BCUT2D eigenvalue weighted by atomic mass is 16.3. The number of rotatable bonds is 5. The fourth-order valence-corrected chi connectivity index (χ4v) is 3.17. The molecule has 0 unspecified atom stereocenters. The summed E-state index contributed by atoms with van der Waals surface area (Å²) in [5.41, 5.74) is 4.40. The van der Waals surface area contributed by atoms with E-state index < -0.39 is 0 Å². The molecule has 5 nitrogen and oxygen atoms in total. The topological polar surface area (TPSA) is 70.1 Å². The van der Waals surface area contributed by atoms with Gasteiger partial charge in [-0.25, -0.2) is 4.79 Å². The highest BCUT2D eigenvalue weighted by Crippen LogP contribution is 2.20. The number of carbonyl (C=O) groups excluding carboxylic acids is 1. The first-order valence-corrected chi connectivity index (χ1v) is 8.75. The number of aromatic nitrogens is 1. The Morgan fingerprint density at radius 1 is 1.12 bits per heavy atom. The molecule has 0 fully saturated rings. The third kappa shape index (κ3) is 3.42. The van der Waals surface area contributed by atoms with E-state index in [0.29, 0.717) is 13.1 Å². The molecule has 3 N–H and O–H groups in total. The average Bonchev–Trinajstić information content (AvgIpc) is 3.23. The molecule has 132 valence electrons. The van der Waals surface area contributed by atoms with Gasteiger partial charge in [-0.2, -0.15) is 0 Å². The van der Waals surface area contributed by atoms with Crippen molar-refractivity contribution in [2.75, 3.05) is 6.54 Å². The second-order valence-electron chi connectivity index (χ2n) is 6.47. The lowest BCUT2D eigenvalue weighted by molar-refractivity contribution is 0.240. The van der Waals surface area contributed by atoms with E-state index in [1.807, 2.05) is 36.5 Å². The van der Waals surface area contributed by atoms with Crippen molar-refractivity contribution < 1.29 is 9.21 Å². The van der Waals surface area contributed by atoms with Gasteiger partial charge in [0, 0.05) is 29.0 Å². The summed E-state index contributed by atoms with van der Waals surface area (Å²) in [4.78, 5) is 15.3. The van der Waals surface area contributed by atoms with E-state index in [2.05, 4.69) is 40.7 Å². The highest BCUT2D eigenvalue weighted by molar-refractivity contribution is 5.84. The summed E-state index contributed by atoms with van der Waals surface area (Å²) >= 11 is 0. The predicted molar refractivity (Wildman–Crippen MR) is 103 cm³/mol. The summed E-state index contributed by atoms with van der Waals surface area (Å²) in [6.07, 6.45) is 2.79. The number of urea groups is 1. The van der Waals surface area contributed by atoms with Crippen molar-refractivity contribution in [3.63, 3.8) is 0 Å². The van der Waals surface area contributed by atoms with Crippen LogP contribution in [0.5, 0.6) is 0 Å². The van der Waals surface area contributed by atoms with E-state index in [4.69, 9.17) is 4.42 Å². The Morgan fingerprint density at radius 3 is 2.88 bits per heavy atom. The van der Waals surface area contributed by atoms with Gasteiger partial charge in [-0.05, 0) is 42.7 Å². The Kier molecular flexibility index (Phi) is 4.35. The number of benzene rings is 2. The van der Waals surface area contributed by atoms with Gasteiger partial charge >= 0.3 is 6.03 Å². The quantitative estimate of drug-likeness (QED) is 0.505. The molecule has 2 amide bonds. The van der Waals surface area contributed by atoms with Crippen molar-refractivity contribution in [3.05, 3.63) is 71.6 Å². The molecule has 0 radical (unpaired) electrons. The number of hydrogen-bond donors (Lipinski definition) is 3. The molecule has 0 spiro atoms. The van der Waals surface area contributed by atoms with Gasteiger partial charge in [0.2, 0.25) is 0 Å². The summed E-state index contributed by atoms with van der Waals surface area (Å²) in [6, 6.07) is 15.9. The summed E-state index contributed by atoms with van der Waals surface area (Å²) in [6.45, 7) is 3.02. The first-order chi connectivity index (χ1) is 12.7. The van der Waals surface area contributed by atoms with Crippen LogP contribution >= 0.6 is 0 Å². The molecule has 0 aliphatic heterocycles. The smallest absolute Gasteiger partial charge is 0.315 e. The molecular formula is C21H21N3O2. The minimum absolute atomic E-state index is 0.193. The number of para-hydroxylation sites is 1. The lowest BCUT2D eigenvalue weighted by atomic mass is 10.1. The predicted octanol–water partition coefficient (Wildman–Crippen LogP) is 4.26. The zero-order valence-electron chi connectivity index (χ0n) is 14.6. The molecule has 2 aromatic carbocycles. The molecule has 0 saturated heterocycles. The molecule has 4 aromatic rings. The van der Waals surface area contributed by atoms with Crippen molar-refractivity contribution in [2.24, 2.45) is 0 Å². The molecule has 26 heavy (non-hydrogen) atoms. The van der Waals surface area contributed by atoms with Crippen LogP contribution in [0.15, 0.2) is 59.1 Å². The Labute approximate surface area is 151 Å². The largest absolute Gasteiger partial charge is 0.459 e. The van der Waals surface area contributed by atoms with E-state index in [-0.39, 0.29) is 6.03 Å². The number of aryl methyl sites for hydroxylation is 1. The fourth-order valence-electron chi connectivity index (χ4n) is 3.17. The number of furan rings is 1.